The number of hydrogen-bond donors (Lipinski definition) is 1. The van der Waals surface area contributed by atoms with E-state index in [0.717, 1.165) is 30.9 Å². The summed E-state index contributed by atoms with van der Waals surface area (Å²) in [7, 11) is 2.07. The average Bonchev–Trinajstić information content (AvgIpc) is 2.57. The number of aryl methyl sites for hydroxylation is 1. The van der Waals surface area contributed by atoms with Crippen LogP contribution in [0.25, 0.3) is 11.0 Å². The van der Waals surface area contributed by atoms with Gasteiger partial charge < -0.3 is 9.88 Å². The van der Waals surface area contributed by atoms with Crippen molar-refractivity contribution in [3.8, 4) is 0 Å². The fourth-order valence-corrected chi connectivity index (χ4v) is 1.73. The molecule has 0 fully saturated rings. The highest BCUT2D eigenvalue weighted by Crippen LogP contribution is 2.13. The Morgan fingerprint density at radius 3 is 2.87 bits per heavy atom. The van der Waals surface area contributed by atoms with Gasteiger partial charge in [-0.15, -0.1) is 0 Å². The van der Waals surface area contributed by atoms with Crippen LogP contribution in [0, 0.1) is 0 Å². The maximum Gasteiger partial charge on any atom is 0.123 e. The van der Waals surface area contributed by atoms with Crippen LogP contribution in [0.4, 0.5) is 0 Å². The molecule has 1 N–H and O–H groups in total. The second-order valence-electron chi connectivity index (χ2n) is 3.75. The highest BCUT2D eigenvalue weighted by molar-refractivity contribution is 5.75. The molecule has 0 radical (unpaired) electrons. The van der Waals surface area contributed by atoms with Crippen LogP contribution >= 0.6 is 0 Å². The number of fused-ring (bicyclic) bond motifs is 1. The maximum atomic E-state index is 4.58. The average molecular weight is 203 g/mol. The first-order chi connectivity index (χ1) is 7.33. The summed E-state index contributed by atoms with van der Waals surface area (Å²) in [5, 5.41) is 3.37. The largest absolute Gasteiger partial charge is 0.330 e. The highest BCUT2D eigenvalue weighted by Gasteiger charge is 2.05. The van der Waals surface area contributed by atoms with E-state index in [2.05, 4.69) is 41.0 Å². The lowest BCUT2D eigenvalue weighted by molar-refractivity contribution is 0.634. The Kier molecular flexibility index (Phi) is 3.02. The van der Waals surface area contributed by atoms with Crippen LogP contribution in [0.1, 0.15) is 19.2 Å². The van der Waals surface area contributed by atoms with Crippen molar-refractivity contribution in [1.29, 1.82) is 0 Å². The van der Waals surface area contributed by atoms with Gasteiger partial charge >= 0.3 is 0 Å². The number of hydrogen-bond acceptors (Lipinski definition) is 2. The number of benzene rings is 1. The lowest BCUT2D eigenvalue weighted by atomic mass is 10.3. The normalized spacial score (nSPS) is 11.1. The predicted molar refractivity (Wildman–Crippen MR) is 62.7 cm³/mol. The zero-order valence-corrected chi connectivity index (χ0v) is 9.33. The van der Waals surface area contributed by atoms with Crippen LogP contribution in [0.15, 0.2) is 24.3 Å². The van der Waals surface area contributed by atoms with E-state index < -0.39 is 0 Å². The summed E-state index contributed by atoms with van der Waals surface area (Å²) in [4.78, 5) is 4.58. The Morgan fingerprint density at radius 2 is 2.13 bits per heavy atom. The van der Waals surface area contributed by atoms with Gasteiger partial charge in [-0.3, -0.25) is 0 Å². The highest BCUT2D eigenvalue weighted by atomic mass is 15.1. The van der Waals surface area contributed by atoms with Gasteiger partial charge in [0, 0.05) is 7.05 Å². The number of imidazole rings is 1. The predicted octanol–water partition coefficient (Wildman–Crippen LogP) is 2.07. The molecule has 0 aliphatic carbocycles. The Morgan fingerprint density at radius 1 is 1.33 bits per heavy atom. The molecule has 15 heavy (non-hydrogen) atoms. The summed E-state index contributed by atoms with van der Waals surface area (Å²) >= 11 is 0. The summed E-state index contributed by atoms with van der Waals surface area (Å²) in [6.07, 6.45) is 1.16. The zero-order valence-electron chi connectivity index (χ0n) is 9.33. The molecule has 1 heterocycles. The second-order valence-corrected chi connectivity index (χ2v) is 3.75. The van der Waals surface area contributed by atoms with Crippen molar-refractivity contribution in [3.05, 3.63) is 30.1 Å². The summed E-state index contributed by atoms with van der Waals surface area (Å²) in [6.45, 7) is 4.06. The van der Waals surface area contributed by atoms with Crippen LogP contribution in [0.5, 0.6) is 0 Å². The topological polar surface area (TPSA) is 29.9 Å². The van der Waals surface area contributed by atoms with Gasteiger partial charge in [0.05, 0.1) is 17.6 Å². The fourth-order valence-electron chi connectivity index (χ4n) is 1.73. The molecule has 2 rings (SSSR count). The molecule has 3 nitrogen and oxygen atoms in total. The van der Waals surface area contributed by atoms with Crippen LogP contribution in [-0.4, -0.2) is 16.1 Å². The van der Waals surface area contributed by atoms with Gasteiger partial charge in [-0.2, -0.15) is 0 Å². The lowest BCUT2D eigenvalue weighted by Crippen LogP contribution is -2.16. The molecule has 0 saturated heterocycles. The molecule has 0 atom stereocenters. The Hall–Kier alpha value is -1.35. The molecule has 0 aliphatic heterocycles. The van der Waals surface area contributed by atoms with E-state index in [1.807, 2.05) is 12.1 Å². The Balaban J connectivity index is 2.24. The number of rotatable bonds is 4. The van der Waals surface area contributed by atoms with Gasteiger partial charge in [0.15, 0.2) is 0 Å². The fraction of sp³-hybridized carbons (Fsp3) is 0.417. The SMILES string of the molecule is CCCNCc1nc2ccccc2n1C. The Bertz CT molecular complexity index is 445. The second kappa shape index (κ2) is 4.45. The third-order valence-electron chi connectivity index (χ3n) is 2.59. The minimum absolute atomic E-state index is 0.846. The molecular formula is C12H17N3. The van der Waals surface area contributed by atoms with Crippen molar-refractivity contribution >= 4 is 11.0 Å². The number of nitrogens with one attached hydrogen (secondary N) is 1. The van der Waals surface area contributed by atoms with E-state index in [1.54, 1.807) is 0 Å². The molecule has 80 valence electrons. The summed E-state index contributed by atoms with van der Waals surface area (Å²) in [6, 6.07) is 8.23. The van der Waals surface area contributed by atoms with Crippen molar-refractivity contribution < 1.29 is 0 Å². The molecule has 3 heteroatoms. The van der Waals surface area contributed by atoms with Crippen LogP contribution in [-0.2, 0) is 13.6 Å². The molecule has 0 saturated carbocycles. The molecule has 0 unspecified atom stereocenters. The summed E-state index contributed by atoms with van der Waals surface area (Å²) < 4.78 is 2.15. The van der Waals surface area contributed by atoms with E-state index in [-0.39, 0.29) is 0 Å². The van der Waals surface area contributed by atoms with Gasteiger partial charge in [0.25, 0.3) is 0 Å². The van der Waals surface area contributed by atoms with Crippen molar-refractivity contribution in [2.45, 2.75) is 19.9 Å². The van der Waals surface area contributed by atoms with Crippen molar-refractivity contribution in [1.82, 2.24) is 14.9 Å². The van der Waals surface area contributed by atoms with Gasteiger partial charge in [-0.25, -0.2) is 4.98 Å². The number of aromatic nitrogens is 2. The smallest absolute Gasteiger partial charge is 0.123 e. The van der Waals surface area contributed by atoms with Gasteiger partial charge in [-0.1, -0.05) is 19.1 Å². The lowest BCUT2D eigenvalue weighted by Gasteiger charge is -2.03. The number of nitrogens with zero attached hydrogens (tertiary/aromatic N) is 2. The standard InChI is InChI=1S/C12H17N3/c1-3-8-13-9-12-14-10-6-4-5-7-11(10)15(12)2/h4-7,13H,3,8-9H2,1-2H3. The minimum atomic E-state index is 0.846. The molecule has 0 aliphatic rings. The minimum Gasteiger partial charge on any atom is -0.330 e. The number of para-hydroxylation sites is 2. The first-order valence-electron chi connectivity index (χ1n) is 5.44. The van der Waals surface area contributed by atoms with Crippen molar-refractivity contribution in [3.63, 3.8) is 0 Å². The van der Waals surface area contributed by atoms with E-state index in [4.69, 9.17) is 0 Å². The zero-order chi connectivity index (χ0) is 10.7. The monoisotopic (exact) mass is 203 g/mol. The van der Waals surface area contributed by atoms with E-state index in [9.17, 15) is 0 Å². The molecule has 2 aromatic rings. The van der Waals surface area contributed by atoms with Crippen LogP contribution in [0.2, 0.25) is 0 Å². The van der Waals surface area contributed by atoms with Crippen LogP contribution in [0.3, 0.4) is 0 Å². The summed E-state index contributed by atoms with van der Waals surface area (Å²) in [5.41, 5.74) is 2.28. The molecular weight excluding hydrogens is 186 g/mol. The maximum absolute atomic E-state index is 4.58. The molecule has 0 spiro atoms. The van der Waals surface area contributed by atoms with E-state index in [0.29, 0.717) is 0 Å². The quantitative estimate of drug-likeness (QED) is 0.771. The summed E-state index contributed by atoms with van der Waals surface area (Å²) in [5.74, 6) is 1.10. The van der Waals surface area contributed by atoms with Gasteiger partial charge in [0.2, 0.25) is 0 Å². The third kappa shape index (κ3) is 2.02. The molecule has 1 aromatic heterocycles. The van der Waals surface area contributed by atoms with E-state index in [1.165, 1.54) is 5.52 Å². The third-order valence-corrected chi connectivity index (χ3v) is 2.59. The Labute approximate surface area is 90.1 Å². The van der Waals surface area contributed by atoms with Crippen molar-refractivity contribution in [2.75, 3.05) is 6.54 Å². The first kappa shape index (κ1) is 10.2. The molecule has 0 amide bonds. The molecule has 1 aromatic carbocycles. The van der Waals surface area contributed by atoms with Gasteiger partial charge in [0.1, 0.15) is 5.82 Å². The van der Waals surface area contributed by atoms with Crippen LogP contribution < -0.4 is 5.32 Å². The van der Waals surface area contributed by atoms with E-state index >= 15 is 0 Å². The molecule has 0 bridgehead atoms. The van der Waals surface area contributed by atoms with Gasteiger partial charge in [-0.05, 0) is 25.1 Å². The van der Waals surface area contributed by atoms with Crippen molar-refractivity contribution in [2.24, 2.45) is 7.05 Å². The first-order valence-corrected chi connectivity index (χ1v) is 5.44.